The first-order chi connectivity index (χ1) is 12.7. The molecule has 0 aliphatic heterocycles. The monoisotopic (exact) mass is 480 g/mol. The van der Waals surface area contributed by atoms with Crippen LogP contribution in [0.15, 0.2) is 36.8 Å². The number of rotatable bonds is 11. The van der Waals surface area contributed by atoms with Gasteiger partial charge in [-0.15, -0.1) is 0 Å². The van der Waals surface area contributed by atoms with Crippen LogP contribution < -0.4 is 3.58 Å². The van der Waals surface area contributed by atoms with Gasteiger partial charge in [-0.2, -0.15) is 0 Å². The molecule has 1 aromatic carbocycles. The van der Waals surface area contributed by atoms with E-state index in [1.54, 1.807) is 16.0 Å². The van der Waals surface area contributed by atoms with E-state index in [1.165, 1.54) is 57.4 Å². The summed E-state index contributed by atoms with van der Waals surface area (Å²) in [5.41, 5.74) is 2.30. The maximum absolute atomic E-state index is 6.51. The van der Waals surface area contributed by atoms with Gasteiger partial charge in [0.05, 0.1) is 0 Å². The Balaban J connectivity index is 2.58. The second-order valence-electron chi connectivity index (χ2n) is 7.37. The predicted octanol–water partition coefficient (Wildman–Crippen LogP) is 6.85. The Bertz CT molecular complexity index is 639. The third-order valence-corrected chi connectivity index (χ3v) is 21.3. The molecule has 4 heteroatoms. The van der Waals surface area contributed by atoms with Crippen LogP contribution in [0, 0.1) is 0 Å². The van der Waals surface area contributed by atoms with Gasteiger partial charge in [0.2, 0.25) is 0 Å². The molecule has 0 spiro atoms. The number of nitrogens with zero attached hydrogens (tertiary/aromatic N) is 2. The summed E-state index contributed by atoms with van der Waals surface area (Å²) in [5.74, 6) is 0. The molecule has 0 unspecified atom stereocenters. The first kappa shape index (κ1) is 21.7. The summed E-state index contributed by atoms with van der Waals surface area (Å²) in [6.07, 6.45) is 13.3. The molecule has 0 atom stereocenters. The molecule has 0 saturated carbocycles. The Morgan fingerprint density at radius 2 is 1.50 bits per heavy atom. The van der Waals surface area contributed by atoms with Crippen LogP contribution in [-0.4, -0.2) is 28.3 Å². The van der Waals surface area contributed by atoms with Gasteiger partial charge in [0, 0.05) is 0 Å². The van der Waals surface area contributed by atoms with Crippen molar-refractivity contribution in [2.45, 2.75) is 72.6 Å². The van der Waals surface area contributed by atoms with E-state index in [1.807, 2.05) is 12.3 Å². The van der Waals surface area contributed by atoms with Gasteiger partial charge in [-0.05, 0) is 0 Å². The second kappa shape index (κ2) is 11.3. The quantitative estimate of drug-likeness (QED) is 0.329. The van der Waals surface area contributed by atoms with E-state index in [0.29, 0.717) is 0 Å². The van der Waals surface area contributed by atoms with E-state index in [-0.39, 0.29) is 0 Å². The van der Waals surface area contributed by atoms with Crippen molar-refractivity contribution in [3.05, 3.63) is 41.8 Å². The summed E-state index contributed by atoms with van der Waals surface area (Å²) in [6, 6.07) is 6.50. The molecule has 0 bridgehead atoms. The average Bonchev–Trinajstić information content (AvgIpc) is 2.68. The van der Waals surface area contributed by atoms with Crippen molar-refractivity contribution in [3.63, 3.8) is 0 Å². The molecule has 0 radical (unpaired) electrons. The molecule has 2 aromatic rings. The van der Waals surface area contributed by atoms with E-state index < -0.39 is 18.4 Å². The molecule has 142 valence electrons. The van der Waals surface area contributed by atoms with Gasteiger partial charge in [-0.3, -0.25) is 0 Å². The van der Waals surface area contributed by atoms with E-state index >= 15 is 0 Å². The van der Waals surface area contributed by atoms with E-state index in [4.69, 9.17) is 11.6 Å². The molecule has 1 heterocycles. The third kappa shape index (κ3) is 5.69. The Morgan fingerprint density at radius 3 is 2.00 bits per heavy atom. The Kier molecular flexibility index (Phi) is 9.41. The van der Waals surface area contributed by atoms with Crippen molar-refractivity contribution in [2.75, 3.05) is 0 Å². The summed E-state index contributed by atoms with van der Waals surface area (Å²) in [4.78, 5) is 8.94. The number of hydrogen-bond acceptors (Lipinski definition) is 2. The van der Waals surface area contributed by atoms with Crippen LogP contribution in [0.1, 0.15) is 59.3 Å². The molecule has 0 saturated heterocycles. The molecule has 0 fully saturated rings. The van der Waals surface area contributed by atoms with Gasteiger partial charge in [0.25, 0.3) is 0 Å². The Labute approximate surface area is 168 Å². The van der Waals surface area contributed by atoms with Gasteiger partial charge >= 0.3 is 169 Å². The molecule has 2 nitrogen and oxygen atoms in total. The van der Waals surface area contributed by atoms with E-state index in [2.05, 4.69) is 42.9 Å². The van der Waals surface area contributed by atoms with Crippen molar-refractivity contribution in [2.24, 2.45) is 0 Å². The van der Waals surface area contributed by atoms with Gasteiger partial charge in [0.15, 0.2) is 0 Å². The minimum absolute atomic E-state index is 0.873. The van der Waals surface area contributed by atoms with Crippen molar-refractivity contribution in [1.29, 1.82) is 0 Å². The van der Waals surface area contributed by atoms with Crippen molar-refractivity contribution in [1.82, 2.24) is 9.97 Å². The predicted molar refractivity (Wildman–Crippen MR) is 117 cm³/mol. The number of aromatic nitrogens is 2. The summed E-state index contributed by atoms with van der Waals surface area (Å²) in [7, 11) is 0. The van der Waals surface area contributed by atoms with Crippen LogP contribution in [0.5, 0.6) is 0 Å². The average molecular weight is 480 g/mol. The first-order valence-corrected chi connectivity index (χ1v) is 18.1. The molecule has 26 heavy (non-hydrogen) atoms. The molecule has 0 aliphatic rings. The normalized spacial score (nSPS) is 11.7. The molecular formula is C22H33ClN2Sn. The Morgan fingerprint density at radius 1 is 0.885 bits per heavy atom. The van der Waals surface area contributed by atoms with Crippen molar-refractivity contribution in [3.8, 4) is 11.3 Å². The third-order valence-electron chi connectivity index (χ3n) is 5.42. The fourth-order valence-corrected chi connectivity index (χ4v) is 21.2. The summed E-state index contributed by atoms with van der Waals surface area (Å²) in [6.45, 7) is 6.95. The first-order valence-electron chi connectivity index (χ1n) is 10.2. The van der Waals surface area contributed by atoms with Gasteiger partial charge in [0.1, 0.15) is 0 Å². The van der Waals surface area contributed by atoms with Crippen LogP contribution in [0.25, 0.3) is 11.3 Å². The van der Waals surface area contributed by atoms with Crippen molar-refractivity contribution >= 4 is 33.6 Å². The minimum atomic E-state index is -2.58. The maximum atomic E-state index is 6.51. The molecule has 0 N–H and O–H groups in total. The van der Waals surface area contributed by atoms with E-state index in [9.17, 15) is 0 Å². The van der Waals surface area contributed by atoms with Gasteiger partial charge in [-0.25, -0.2) is 0 Å². The van der Waals surface area contributed by atoms with E-state index in [0.717, 1.165) is 10.7 Å². The number of benzene rings is 1. The summed E-state index contributed by atoms with van der Waals surface area (Å²) in [5, 5.41) is 0.873. The zero-order valence-electron chi connectivity index (χ0n) is 16.6. The van der Waals surface area contributed by atoms with Crippen LogP contribution in [0.2, 0.25) is 18.3 Å². The van der Waals surface area contributed by atoms with Gasteiger partial charge in [-0.1, -0.05) is 0 Å². The van der Waals surface area contributed by atoms with Crippen LogP contribution >= 0.6 is 11.6 Å². The topological polar surface area (TPSA) is 25.8 Å². The molecular weight excluding hydrogens is 446 g/mol. The van der Waals surface area contributed by atoms with Crippen LogP contribution in [-0.2, 0) is 0 Å². The fourth-order valence-electron chi connectivity index (χ4n) is 3.94. The van der Waals surface area contributed by atoms with Crippen LogP contribution in [0.4, 0.5) is 0 Å². The zero-order chi connectivity index (χ0) is 18.8. The molecule has 1 aromatic heterocycles. The number of unbranched alkanes of at least 4 members (excludes halogenated alkanes) is 3. The molecule has 0 amide bonds. The molecule has 0 aliphatic carbocycles. The molecule has 2 rings (SSSR count). The Hall–Kier alpha value is -0.611. The second-order valence-corrected chi connectivity index (χ2v) is 20.9. The fraction of sp³-hybridized carbons (Fsp3) is 0.545. The standard InChI is InChI=1S/C10H6ClN2.3C4H9.Sn/c11-9-3-1-8(2-4-9)10-7-12-5-6-13-10;3*1-3-4-2;/h1,3-7H;3*1,3-4H2,2H3;. The SMILES string of the molecule is CCC[CH2][Sn]([CH2]CCC)([CH2]CCC)[c]1cc(Cl)ccc1-c1cnccn1. The van der Waals surface area contributed by atoms with Gasteiger partial charge < -0.3 is 0 Å². The summed E-state index contributed by atoms with van der Waals surface area (Å²) < 4.78 is 5.87. The summed E-state index contributed by atoms with van der Waals surface area (Å²) >= 11 is 3.93. The number of hydrogen-bond donors (Lipinski definition) is 0. The van der Waals surface area contributed by atoms with Crippen molar-refractivity contribution < 1.29 is 0 Å². The zero-order valence-corrected chi connectivity index (χ0v) is 20.2. The van der Waals surface area contributed by atoms with Crippen LogP contribution in [0.3, 0.4) is 0 Å². The number of halogens is 1.